The molecule has 67 heavy (non-hydrogen) atoms. The van der Waals surface area contributed by atoms with Crippen LogP contribution in [0.25, 0.3) is 37.8 Å². The number of rotatable bonds is 10. The first-order valence-corrected chi connectivity index (χ1v) is 22.7. The second kappa shape index (κ2) is 16.0. The highest BCUT2D eigenvalue weighted by Crippen LogP contribution is 2.58. The van der Waals surface area contributed by atoms with E-state index in [0.717, 1.165) is 25.1 Å². The number of imide groups is 1. The standard InChI is InChI=1S/C48H45ClN8O9S/c1-24-28-19-26(49)10-13-40(28)67-42(24)33-22-41(53(4)51-33)56-43(59)30-20-34-27(29(48(30,2)45(56)61)11-8-25-9-12-36(58)37(18-25)64-5)14-17-55-46(62)54(47(63)57(34)55)16-15-31-44(60)52(3)35-23-39(66-7)38(65-6)21-32(35)50-31/h8-14,18-19,21-23,29-30,34,58H,15-17,20H2,1-7H3/t29-,30-,34+,48-/m0/s1. The van der Waals surface area contributed by atoms with Crippen molar-refractivity contribution in [3.63, 3.8) is 0 Å². The van der Waals surface area contributed by atoms with Gasteiger partial charge >= 0.3 is 11.4 Å². The summed E-state index contributed by atoms with van der Waals surface area (Å²) < 4.78 is 24.1. The van der Waals surface area contributed by atoms with Gasteiger partial charge in [-0.1, -0.05) is 35.9 Å². The molecule has 0 radical (unpaired) electrons. The molecule has 4 aromatic heterocycles. The van der Waals surface area contributed by atoms with E-state index >= 15 is 9.59 Å². The van der Waals surface area contributed by atoms with Crippen LogP contribution in [0, 0.1) is 24.2 Å². The maximum Gasteiger partial charge on any atom is 0.347 e. The van der Waals surface area contributed by atoms with Crippen molar-refractivity contribution >= 4 is 67.8 Å². The number of phenols is 1. The summed E-state index contributed by atoms with van der Waals surface area (Å²) in [5.74, 6) is -1.20. The van der Waals surface area contributed by atoms with E-state index in [1.165, 1.54) is 50.9 Å². The summed E-state index contributed by atoms with van der Waals surface area (Å²) in [5, 5.41) is 16.7. The van der Waals surface area contributed by atoms with Gasteiger partial charge < -0.3 is 23.9 Å². The lowest BCUT2D eigenvalue weighted by molar-refractivity contribution is -0.129. The Balaban J connectivity index is 1.04. The number of methoxy groups -OCH3 is 3. The van der Waals surface area contributed by atoms with E-state index < -0.39 is 52.0 Å². The van der Waals surface area contributed by atoms with Gasteiger partial charge in [-0.05, 0) is 72.7 Å². The SMILES string of the molecule is COc1cc(C=C[C@H]2C3=CCn4c(=O)n(CCc5nc6cc(OC)c(OC)cc6n(C)c5=O)c(=O)n4[C@@H]3C[C@H]3C(=O)N(c4cc(-c5sc6ccc(Cl)cc6c5C)nn4C)C(=O)[C@@]23C)ccc1O. The van der Waals surface area contributed by atoms with Crippen molar-refractivity contribution in [2.45, 2.75) is 45.8 Å². The Kier molecular flexibility index (Phi) is 10.4. The van der Waals surface area contributed by atoms with Crippen molar-refractivity contribution in [1.82, 2.24) is 33.3 Å². The molecule has 1 saturated carbocycles. The van der Waals surface area contributed by atoms with Crippen LogP contribution in [0.3, 0.4) is 0 Å². The number of thiophene rings is 1. The quantitative estimate of drug-likeness (QED) is 0.125. The number of hydrogen-bond acceptors (Lipinski definition) is 12. The molecule has 17 nitrogen and oxygen atoms in total. The molecule has 3 aliphatic rings. The summed E-state index contributed by atoms with van der Waals surface area (Å²) in [6, 6.07) is 14.8. The van der Waals surface area contributed by atoms with E-state index in [1.54, 1.807) is 68.8 Å². The minimum absolute atomic E-state index is 0.0132. The minimum Gasteiger partial charge on any atom is -0.504 e. The Morgan fingerprint density at radius 1 is 0.940 bits per heavy atom. The van der Waals surface area contributed by atoms with Gasteiger partial charge in [-0.15, -0.1) is 11.3 Å². The fourth-order valence-electron chi connectivity index (χ4n) is 10.2. The van der Waals surface area contributed by atoms with Gasteiger partial charge in [0.1, 0.15) is 17.2 Å². The summed E-state index contributed by atoms with van der Waals surface area (Å²) >= 11 is 7.89. The van der Waals surface area contributed by atoms with Crippen molar-refractivity contribution in [2.75, 3.05) is 26.2 Å². The van der Waals surface area contributed by atoms with E-state index in [1.807, 2.05) is 37.3 Å². The predicted octanol–water partition coefficient (Wildman–Crippen LogP) is 6.02. The van der Waals surface area contributed by atoms with E-state index in [4.69, 9.17) is 30.9 Å². The van der Waals surface area contributed by atoms with Gasteiger partial charge in [0.25, 0.3) is 5.56 Å². The van der Waals surface area contributed by atoms with Crippen molar-refractivity contribution in [3.8, 4) is 33.6 Å². The number of phenolic OH excluding ortho intramolecular Hbond substituents is 1. The zero-order valence-corrected chi connectivity index (χ0v) is 39.1. The third kappa shape index (κ3) is 6.58. The molecule has 2 amide bonds. The number of aromatic hydroxyl groups is 1. The number of nitrogens with zero attached hydrogens (tertiary/aromatic N) is 8. The molecule has 2 fully saturated rings. The molecule has 3 aromatic carbocycles. The maximum absolute atomic E-state index is 15.2. The van der Waals surface area contributed by atoms with Gasteiger partial charge in [0.05, 0.1) is 61.2 Å². The molecule has 0 spiro atoms. The van der Waals surface area contributed by atoms with Crippen molar-refractivity contribution in [3.05, 3.63) is 125 Å². The van der Waals surface area contributed by atoms with Crippen LogP contribution in [-0.4, -0.2) is 71.5 Å². The monoisotopic (exact) mass is 944 g/mol. The minimum atomic E-state index is -1.34. The van der Waals surface area contributed by atoms with Crippen LogP contribution in [0.5, 0.6) is 23.0 Å². The average Bonchev–Trinajstić information content (AvgIpc) is 3.99. The molecule has 344 valence electrons. The van der Waals surface area contributed by atoms with Gasteiger partial charge in [-0.3, -0.25) is 19.1 Å². The van der Waals surface area contributed by atoms with Gasteiger partial charge in [0.15, 0.2) is 23.0 Å². The van der Waals surface area contributed by atoms with E-state index in [9.17, 15) is 19.5 Å². The molecule has 0 unspecified atom stereocenters. The van der Waals surface area contributed by atoms with Crippen LogP contribution in [0.1, 0.15) is 36.2 Å². The molecule has 1 N–H and O–H groups in total. The Morgan fingerprint density at radius 3 is 2.43 bits per heavy atom. The summed E-state index contributed by atoms with van der Waals surface area (Å²) in [4.78, 5) is 79.3. The normalized spacial score (nSPS) is 20.1. The third-order valence-corrected chi connectivity index (χ3v) is 15.3. The molecule has 19 heteroatoms. The predicted molar refractivity (Wildman–Crippen MR) is 254 cm³/mol. The molecule has 0 bridgehead atoms. The van der Waals surface area contributed by atoms with Crippen molar-refractivity contribution in [1.29, 1.82) is 0 Å². The fourth-order valence-corrected chi connectivity index (χ4v) is 11.6. The Bertz CT molecular complexity index is 3520. The highest BCUT2D eigenvalue weighted by atomic mass is 35.5. The molecule has 10 rings (SSSR count). The van der Waals surface area contributed by atoms with E-state index in [-0.39, 0.29) is 43.1 Å². The third-order valence-electron chi connectivity index (χ3n) is 13.8. The number of aromatic nitrogens is 7. The van der Waals surface area contributed by atoms with Crippen LogP contribution in [0.2, 0.25) is 5.02 Å². The summed E-state index contributed by atoms with van der Waals surface area (Å²) in [5.41, 5.74) is 1.10. The number of ether oxygens (including phenoxy) is 3. The maximum atomic E-state index is 15.2. The van der Waals surface area contributed by atoms with Gasteiger partial charge in [-0.2, -0.15) is 5.10 Å². The highest BCUT2D eigenvalue weighted by molar-refractivity contribution is 7.22. The van der Waals surface area contributed by atoms with Gasteiger partial charge in [0.2, 0.25) is 11.8 Å². The number of fused-ring (bicyclic) bond motifs is 6. The van der Waals surface area contributed by atoms with Crippen LogP contribution in [-0.2, 0) is 43.2 Å². The molecule has 1 saturated heterocycles. The number of amides is 2. The first-order valence-electron chi connectivity index (χ1n) is 21.5. The highest BCUT2D eigenvalue weighted by Gasteiger charge is 2.65. The largest absolute Gasteiger partial charge is 0.504 e. The second-order valence-corrected chi connectivity index (χ2v) is 18.7. The van der Waals surface area contributed by atoms with Gasteiger partial charge in [-0.25, -0.2) is 33.4 Å². The molecule has 7 aromatic rings. The topological polar surface area (TPSA) is 187 Å². The van der Waals surface area contributed by atoms with E-state index in [2.05, 4.69) is 4.98 Å². The number of allylic oxidation sites excluding steroid dienone is 3. The molecule has 1 aliphatic carbocycles. The lowest BCUT2D eigenvalue weighted by atomic mass is 9.58. The second-order valence-electron chi connectivity index (χ2n) is 17.3. The number of carbonyl (C=O) groups is 2. The summed E-state index contributed by atoms with van der Waals surface area (Å²) in [7, 11) is 7.75. The molecular weight excluding hydrogens is 900 g/mol. The number of hydrogen-bond donors (Lipinski definition) is 1. The lowest BCUT2D eigenvalue weighted by Gasteiger charge is -2.45. The number of halogens is 1. The molecule has 4 atom stereocenters. The zero-order chi connectivity index (χ0) is 47.4. The van der Waals surface area contributed by atoms with Crippen LogP contribution in [0.4, 0.5) is 5.82 Å². The van der Waals surface area contributed by atoms with Crippen LogP contribution >= 0.6 is 22.9 Å². The Hall–Kier alpha value is -7.18. The number of aryl methyl sites for hydroxylation is 4. The Labute approximate surface area is 390 Å². The Morgan fingerprint density at radius 2 is 1.69 bits per heavy atom. The first kappa shape index (κ1) is 43.7. The number of anilines is 1. The zero-order valence-electron chi connectivity index (χ0n) is 37.6. The average molecular weight is 945 g/mol. The smallest absolute Gasteiger partial charge is 0.347 e. The molecular formula is C48H45ClN8O9S. The van der Waals surface area contributed by atoms with Crippen molar-refractivity contribution in [2.24, 2.45) is 31.3 Å². The van der Waals surface area contributed by atoms with E-state index in [0.29, 0.717) is 50.2 Å². The first-order chi connectivity index (χ1) is 32.1. The fraction of sp³-hybridized carbons (Fsp3) is 0.312. The molecule has 2 aliphatic heterocycles. The van der Waals surface area contributed by atoms with Crippen molar-refractivity contribution < 1.29 is 28.9 Å². The van der Waals surface area contributed by atoms with Crippen LogP contribution in [0.15, 0.2) is 86.7 Å². The van der Waals surface area contributed by atoms with Crippen LogP contribution < -0.4 is 36.0 Å². The molecule has 6 heterocycles. The number of carbonyl (C=O) groups excluding carboxylic acids is 2. The lowest BCUT2D eigenvalue weighted by Crippen LogP contribution is -2.49. The summed E-state index contributed by atoms with van der Waals surface area (Å²) in [6.07, 6.45) is 5.53. The van der Waals surface area contributed by atoms with Gasteiger partial charge in [0, 0.05) is 60.9 Å². The summed E-state index contributed by atoms with van der Waals surface area (Å²) in [6.45, 7) is 3.64. The number of benzene rings is 3.